The third-order valence-electron chi connectivity index (χ3n) is 4.94. The van der Waals surface area contributed by atoms with Gasteiger partial charge < -0.3 is 9.05 Å². The van der Waals surface area contributed by atoms with E-state index in [1.807, 2.05) is 0 Å². The van der Waals surface area contributed by atoms with Gasteiger partial charge in [-0.2, -0.15) is 0 Å². The average molecular weight is 391 g/mol. The second-order valence-corrected chi connectivity index (χ2v) is 8.68. The first-order valence-corrected chi connectivity index (χ1v) is 12.8. The summed E-state index contributed by atoms with van der Waals surface area (Å²) in [6.45, 7) is 5.68. The van der Waals surface area contributed by atoms with E-state index >= 15 is 0 Å². The van der Waals surface area contributed by atoms with Crippen molar-refractivity contribution in [2.45, 2.75) is 129 Å². The first kappa shape index (κ1) is 26.1. The van der Waals surface area contributed by atoms with Crippen molar-refractivity contribution in [3.63, 3.8) is 0 Å². The Kier molecular flexibility index (Phi) is 23.3. The van der Waals surface area contributed by atoms with Gasteiger partial charge in [-0.05, 0) is 12.8 Å². The summed E-state index contributed by atoms with van der Waals surface area (Å²) >= 11 is 0. The fourth-order valence-corrected chi connectivity index (χ4v) is 3.88. The van der Waals surface area contributed by atoms with Crippen molar-refractivity contribution >= 4 is 8.25 Å². The Morgan fingerprint density at radius 2 is 0.731 bits per heavy atom. The van der Waals surface area contributed by atoms with Crippen LogP contribution in [0.15, 0.2) is 0 Å². The highest BCUT2D eigenvalue weighted by Gasteiger charge is 2.00. The molecule has 1 unspecified atom stereocenters. The van der Waals surface area contributed by atoms with E-state index in [-0.39, 0.29) is 0 Å². The summed E-state index contributed by atoms with van der Waals surface area (Å²) in [4.78, 5) is 0. The summed E-state index contributed by atoms with van der Waals surface area (Å²) in [5.41, 5.74) is 0. The fourth-order valence-electron chi connectivity index (χ4n) is 3.18. The zero-order chi connectivity index (χ0) is 19.1. The van der Waals surface area contributed by atoms with Crippen molar-refractivity contribution in [3.8, 4) is 0 Å². The Bertz CT molecular complexity index is 285. The minimum atomic E-state index is -2.25. The predicted octanol–water partition coefficient (Wildman–Crippen LogP) is 8.47. The van der Waals surface area contributed by atoms with E-state index in [4.69, 9.17) is 9.05 Å². The summed E-state index contributed by atoms with van der Waals surface area (Å²) in [5, 5.41) is 0. The molecule has 0 aliphatic carbocycles. The van der Waals surface area contributed by atoms with Gasteiger partial charge in [-0.3, -0.25) is 4.57 Å². The Labute approximate surface area is 165 Å². The maximum atomic E-state index is 11.6. The van der Waals surface area contributed by atoms with Gasteiger partial charge in [0.05, 0.1) is 13.2 Å². The van der Waals surface area contributed by atoms with Gasteiger partial charge in [0.1, 0.15) is 0 Å². The van der Waals surface area contributed by atoms with Gasteiger partial charge in [0, 0.05) is 0 Å². The van der Waals surface area contributed by atoms with Crippen LogP contribution in [0.2, 0.25) is 0 Å². The lowest BCUT2D eigenvalue weighted by atomic mass is 10.1. The standard InChI is InChI=1S/C22H47O3P/c1-3-5-7-9-11-12-13-14-16-18-20-22-25-26(23)24-21-19-17-15-10-8-6-4-2/h26H,3-22H2,1-2H3. The Balaban J connectivity index is 3.13. The smallest absolute Gasteiger partial charge is 0.311 e. The number of unbranched alkanes of at least 4 members (excludes halogenated alkanes) is 16. The monoisotopic (exact) mass is 390 g/mol. The van der Waals surface area contributed by atoms with Crippen LogP contribution in [0, 0.1) is 0 Å². The van der Waals surface area contributed by atoms with E-state index in [1.165, 1.54) is 103 Å². The fraction of sp³-hybridized carbons (Fsp3) is 1.00. The van der Waals surface area contributed by atoms with Gasteiger partial charge in [0.15, 0.2) is 0 Å². The number of rotatable bonds is 22. The molecule has 0 saturated heterocycles. The summed E-state index contributed by atoms with van der Waals surface area (Å²) in [7, 11) is -2.25. The zero-order valence-corrected chi connectivity index (χ0v) is 18.9. The second kappa shape index (κ2) is 23.2. The molecule has 0 N–H and O–H groups in total. The summed E-state index contributed by atoms with van der Waals surface area (Å²) in [5.74, 6) is 0. The molecule has 0 aromatic rings. The van der Waals surface area contributed by atoms with E-state index in [2.05, 4.69) is 13.8 Å². The molecule has 0 aliphatic heterocycles. The number of hydrogen-bond acceptors (Lipinski definition) is 3. The first-order chi connectivity index (χ1) is 12.8. The minimum Gasteiger partial charge on any atom is -0.311 e. The normalized spacial score (nSPS) is 12.5. The lowest BCUT2D eigenvalue weighted by molar-refractivity contribution is 0.218. The molecule has 4 heteroatoms. The van der Waals surface area contributed by atoms with Crippen LogP contribution >= 0.6 is 8.25 Å². The van der Waals surface area contributed by atoms with Gasteiger partial charge in [-0.15, -0.1) is 0 Å². The zero-order valence-electron chi connectivity index (χ0n) is 17.9. The van der Waals surface area contributed by atoms with E-state index in [9.17, 15) is 4.57 Å². The van der Waals surface area contributed by atoms with Crippen LogP contribution in [-0.4, -0.2) is 13.2 Å². The van der Waals surface area contributed by atoms with Crippen molar-refractivity contribution in [1.29, 1.82) is 0 Å². The van der Waals surface area contributed by atoms with Crippen LogP contribution in [0.4, 0.5) is 0 Å². The number of hydrogen-bond donors (Lipinski definition) is 0. The average Bonchev–Trinajstić information content (AvgIpc) is 2.65. The Hall–Kier alpha value is 0.150. The van der Waals surface area contributed by atoms with Crippen LogP contribution in [-0.2, 0) is 13.6 Å². The van der Waals surface area contributed by atoms with Crippen LogP contribution < -0.4 is 0 Å². The first-order valence-electron chi connectivity index (χ1n) is 11.6. The molecule has 0 fully saturated rings. The van der Waals surface area contributed by atoms with Crippen molar-refractivity contribution in [2.75, 3.05) is 13.2 Å². The van der Waals surface area contributed by atoms with Gasteiger partial charge in [0.2, 0.25) is 0 Å². The molecule has 0 bridgehead atoms. The van der Waals surface area contributed by atoms with Gasteiger partial charge in [-0.25, -0.2) is 0 Å². The van der Waals surface area contributed by atoms with Crippen LogP contribution in [0.1, 0.15) is 129 Å². The molecule has 0 aromatic heterocycles. The maximum absolute atomic E-state index is 11.6. The van der Waals surface area contributed by atoms with Gasteiger partial charge in [-0.1, -0.05) is 117 Å². The quantitative estimate of drug-likeness (QED) is 0.137. The van der Waals surface area contributed by atoms with E-state index in [0.29, 0.717) is 13.2 Å². The highest BCUT2D eigenvalue weighted by atomic mass is 31.1. The van der Waals surface area contributed by atoms with Crippen molar-refractivity contribution in [2.24, 2.45) is 0 Å². The predicted molar refractivity (Wildman–Crippen MR) is 115 cm³/mol. The molecule has 0 rings (SSSR count). The molecule has 0 spiro atoms. The van der Waals surface area contributed by atoms with Crippen molar-refractivity contribution < 1.29 is 13.6 Å². The molecular weight excluding hydrogens is 343 g/mol. The lowest BCUT2D eigenvalue weighted by Gasteiger charge is -2.06. The highest BCUT2D eigenvalue weighted by Crippen LogP contribution is 2.25. The van der Waals surface area contributed by atoms with E-state index < -0.39 is 8.25 Å². The third kappa shape index (κ3) is 22.2. The summed E-state index contributed by atoms with van der Waals surface area (Å²) in [6, 6.07) is 0. The van der Waals surface area contributed by atoms with Crippen molar-refractivity contribution in [1.82, 2.24) is 0 Å². The maximum Gasteiger partial charge on any atom is 0.319 e. The van der Waals surface area contributed by atoms with E-state index in [0.717, 1.165) is 12.8 Å². The van der Waals surface area contributed by atoms with Crippen LogP contribution in [0.3, 0.4) is 0 Å². The highest BCUT2D eigenvalue weighted by molar-refractivity contribution is 7.33. The van der Waals surface area contributed by atoms with Crippen LogP contribution in [0.5, 0.6) is 0 Å². The molecule has 0 saturated carbocycles. The molecule has 0 aromatic carbocycles. The van der Waals surface area contributed by atoms with Gasteiger partial charge >= 0.3 is 8.25 Å². The van der Waals surface area contributed by atoms with Crippen molar-refractivity contribution in [3.05, 3.63) is 0 Å². The molecular formula is C22H47O3P. The summed E-state index contributed by atoms with van der Waals surface area (Å²) in [6.07, 6.45) is 23.3. The third-order valence-corrected chi connectivity index (χ3v) is 5.82. The second-order valence-electron chi connectivity index (χ2n) is 7.60. The molecule has 0 amide bonds. The molecule has 1 atom stereocenters. The Morgan fingerprint density at radius 3 is 1.04 bits per heavy atom. The minimum absolute atomic E-state index is 0.587. The topological polar surface area (TPSA) is 35.5 Å². The largest absolute Gasteiger partial charge is 0.319 e. The SMILES string of the molecule is CCCCCCCCCCCCCO[PH](=O)OCCCCCCCCC. The molecule has 0 aliphatic rings. The molecule has 3 nitrogen and oxygen atoms in total. The lowest BCUT2D eigenvalue weighted by Crippen LogP contribution is -1.92. The van der Waals surface area contributed by atoms with Crippen LogP contribution in [0.25, 0.3) is 0 Å². The summed E-state index contributed by atoms with van der Waals surface area (Å²) < 4.78 is 22.2. The Morgan fingerprint density at radius 1 is 0.462 bits per heavy atom. The van der Waals surface area contributed by atoms with E-state index in [1.54, 1.807) is 0 Å². The molecule has 0 radical (unpaired) electrons. The molecule has 158 valence electrons. The molecule has 26 heavy (non-hydrogen) atoms. The molecule has 0 heterocycles. The van der Waals surface area contributed by atoms with Gasteiger partial charge in [0.25, 0.3) is 0 Å².